The highest BCUT2D eigenvalue weighted by molar-refractivity contribution is 5.85. The van der Waals surface area contributed by atoms with Gasteiger partial charge in [-0.1, -0.05) is 55.5 Å². The van der Waals surface area contributed by atoms with Crippen molar-refractivity contribution in [1.82, 2.24) is 5.32 Å². The van der Waals surface area contributed by atoms with Gasteiger partial charge in [-0.3, -0.25) is 4.79 Å². The zero-order valence-electron chi connectivity index (χ0n) is 17.8. The van der Waals surface area contributed by atoms with E-state index in [1.54, 1.807) is 0 Å². The minimum atomic E-state index is -0.441. The van der Waals surface area contributed by atoms with E-state index in [9.17, 15) is 4.79 Å². The predicted octanol–water partition coefficient (Wildman–Crippen LogP) is 5.63. The summed E-state index contributed by atoms with van der Waals surface area (Å²) in [5, 5.41) is 5.64. The predicted molar refractivity (Wildman–Crippen MR) is 123 cm³/mol. The quantitative estimate of drug-likeness (QED) is 0.497. The molecule has 0 bridgehead atoms. The van der Waals surface area contributed by atoms with Gasteiger partial charge in [0.25, 0.3) is 5.91 Å². The van der Waals surface area contributed by atoms with Crippen LogP contribution in [0.3, 0.4) is 0 Å². The van der Waals surface area contributed by atoms with Crippen LogP contribution in [0.2, 0.25) is 0 Å². The average molecular weight is 402 g/mol. The normalized spacial score (nSPS) is 14.2. The Morgan fingerprint density at radius 2 is 1.80 bits per heavy atom. The molecule has 30 heavy (non-hydrogen) atoms. The number of carbonyl (C=O) groups excluding carboxylic acids is 1. The number of amides is 1. The summed E-state index contributed by atoms with van der Waals surface area (Å²) in [6.07, 6.45) is 6.86. The molecule has 0 fully saturated rings. The zero-order valence-corrected chi connectivity index (χ0v) is 17.8. The van der Waals surface area contributed by atoms with Crippen molar-refractivity contribution in [2.24, 2.45) is 0 Å². The molecule has 0 heterocycles. The van der Waals surface area contributed by atoms with E-state index in [0.717, 1.165) is 31.4 Å². The third kappa shape index (κ3) is 4.84. The standard InChI is InChI=1S/C27H31NO2/c1-2-26(30-24-17-16-20-9-3-4-11-23(20)19-24)27(29)28-18-8-14-22-13-7-12-21-10-5-6-15-25(21)22/h5-7,10,12-13,15-17,19,26H,2-4,8-9,11,14,18H2,1H3,(H,28,29)/t26-/m1/s1. The highest BCUT2D eigenvalue weighted by atomic mass is 16.5. The number of aryl methyl sites for hydroxylation is 3. The van der Waals surface area contributed by atoms with Crippen LogP contribution in [0.5, 0.6) is 5.75 Å². The molecule has 0 aliphatic heterocycles. The number of benzene rings is 3. The second-order valence-electron chi connectivity index (χ2n) is 8.19. The van der Waals surface area contributed by atoms with Gasteiger partial charge in [0.1, 0.15) is 5.75 Å². The number of carbonyl (C=O) groups is 1. The van der Waals surface area contributed by atoms with Gasteiger partial charge in [0.05, 0.1) is 0 Å². The second-order valence-corrected chi connectivity index (χ2v) is 8.19. The van der Waals surface area contributed by atoms with Crippen molar-refractivity contribution in [3.8, 4) is 5.75 Å². The largest absolute Gasteiger partial charge is 0.481 e. The van der Waals surface area contributed by atoms with Crippen LogP contribution in [0.25, 0.3) is 10.8 Å². The van der Waals surface area contributed by atoms with Crippen molar-refractivity contribution in [2.75, 3.05) is 6.54 Å². The Morgan fingerprint density at radius 3 is 2.67 bits per heavy atom. The fraction of sp³-hybridized carbons (Fsp3) is 0.370. The van der Waals surface area contributed by atoms with Crippen molar-refractivity contribution in [2.45, 2.75) is 58.0 Å². The molecule has 156 valence electrons. The topological polar surface area (TPSA) is 38.3 Å². The van der Waals surface area contributed by atoms with E-state index in [0.29, 0.717) is 13.0 Å². The Bertz CT molecular complexity index is 1010. The van der Waals surface area contributed by atoms with E-state index in [4.69, 9.17) is 4.74 Å². The first-order chi connectivity index (χ1) is 14.7. The van der Waals surface area contributed by atoms with Gasteiger partial charge in [0.2, 0.25) is 0 Å². The van der Waals surface area contributed by atoms with Gasteiger partial charge in [-0.25, -0.2) is 0 Å². The molecule has 3 aromatic carbocycles. The number of fused-ring (bicyclic) bond motifs is 2. The minimum absolute atomic E-state index is 0.0202. The highest BCUT2D eigenvalue weighted by Crippen LogP contribution is 2.26. The zero-order chi connectivity index (χ0) is 20.8. The van der Waals surface area contributed by atoms with Crippen molar-refractivity contribution in [3.05, 3.63) is 77.4 Å². The lowest BCUT2D eigenvalue weighted by atomic mass is 9.92. The van der Waals surface area contributed by atoms with Gasteiger partial charge in [-0.05, 0) is 84.5 Å². The lowest BCUT2D eigenvalue weighted by Crippen LogP contribution is -2.38. The monoisotopic (exact) mass is 401 g/mol. The van der Waals surface area contributed by atoms with E-state index < -0.39 is 6.10 Å². The first-order valence-corrected chi connectivity index (χ1v) is 11.3. The van der Waals surface area contributed by atoms with Gasteiger partial charge < -0.3 is 10.1 Å². The summed E-state index contributed by atoms with van der Waals surface area (Å²) in [5.74, 6) is 0.793. The summed E-state index contributed by atoms with van der Waals surface area (Å²) < 4.78 is 6.05. The Labute approximate surface area is 179 Å². The van der Waals surface area contributed by atoms with Crippen LogP contribution in [0, 0.1) is 0 Å². The van der Waals surface area contributed by atoms with Crippen LogP contribution in [-0.4, -0.2) is 18.6 Å². The molecule has 1 aliphatic rings. The summed E-state index contributed by atoms with van der Waals surface area (Å²) in [7, 11) is 0. The van der Waals surface area contributed by atoms with E-state index in [-0.39, 0.29) is 5.91 Å². The van der Waals surface area contributed by atoms with Crippen LogP contribution < -0.4 is 10.1 Å². The lowest BCUT2D eigenvalue weighted by molar-refractivity contribution is -0.128. The molecular weight excluding hydrogens is 370 g/mol. The van der Waals surface area contributed by atoms with Crippen molar-refractivity contribution >= 4 is 16.7 Å². The molecule has 0 unspecified atom stereocenters. The molecular formula is C27H31NO2. The molecule has 0 spiro atoms. The summed E-state index contributed by atoms with van der Waals surface area (Å²) in [6.45, 7) is 2.66. The van der Waals surface area contributed by atoms with E-state index in [2.05, 4.69) is 59.9 Å². The highest BCUT2D eigenvalue weighted by Gasteiger charge is 2.19. The van der Waals surface area contributed by atoms with Crippen molar-refractivity contribution < 1.29 is 9.53 Å². The molecule has 1 amide bonds. The van der Waals surface area contributed by atoms with E-state index in [1.807, 2.05) is 13.0 Å². The SMILES string of the molecule is CC[C@@H](Oc1ccc2c(c1)CCCC2)C(=O)NCCCc1cccc2ccccc12. The Kier molecular flexibility index (Phi) is 6.68. The molecule has 0 aromatic heterocycles. The Balaban J connectivity index is 1.29. The molecule has 0 saturated heterocycles. The number of hydrogen-bond donors (Lipinski definition) is 1. The Morgan fingerprint density at radius 1 is 1.00 bits per heavy atom. The van der Waals surface area contributed by atoms with Gasteiger partial charge in [0.15, 0.2) is 6.10 Å². The van der Waals surface area contributed by atoms with Crippen LogP contribution >= 0.6 is 0 Å². The van der Waals surface area contributed by atoms with Gasteiger partial charge in [-0.2, -0.15) is 0 Å². The third-order valence-corrected chi connectivity index (χ3v) is 6.06. The Hall–Kier alpha value is -2.81. The average Bonchev–Trinajstić information content (AvgIpc) is 2.80. The van der Waals surface area contributed by atoms with E-state index >= 15 is 0 Å². The summed E-state index contributed by atoms with van der Waals surface area (Å²) in [6, 6.07) is 21.2. The third-order valence-electron chi connectivity index (χ3n) is 6.06. The van der Waals surface area contributed by atoms with Gasteiger partial charge >= 0.3 is 0 Å². The van der Waals surface area contributed by atoms with Crippen LogP contribution in [0.4, 0.5) is 0 Å². The second kappa shape index (κ2) is 9.80. The van der Waals surface area contributed by atoms with Crippen LogP contribution in [-0.2, 0) is 24.1 Å². The first kappa shape index (κ1) is 20.5. The summed E-state index contributed by atoms with van der Waals surface area (Å²) >= 11 is 0. The number of hydrogen-bond acceptors (Lipinski definition) is 2. The van der Waals surface area contributed by atoms with Crippen LogP contribution in [0.15, 0.2) is 60.7 Å². The maximum atomic E-state index is 12.7. The molecule has 1 N–H and O–H groups in total. The smallest absolute Gasteiger partial charge is 0.261 e. The lowest BCUT2D eigenvalue weighted by Gasteiger charge is -2.20. The minimum Gasteiger partial charge on any atom is -0.481 e. The number of rotatable bonds is 8. The van der Waals surface area contributed by atoms with Crippen molar-refractivity contribution in [1.29, 1.82) is 0 Å². The van der Waals surface area contributed by atoms with Crippen molar-refractivity contribution in [3.63, 3.8) is 0 Å². The molecule has 0 saturated carbocycles. The number of ether oxygens (including phenoxy) is 1. The fourth-order valence-electron chi connectivity index (χ4n) is 4.38. The molecule has 3 heteroatoms. The molecule has 3 nitrogen and oxygen atoms in total. The molecule has 0 radical (unpaired) electrons. The maximum absolute atomic E-state index is 12.7. The summed E-state index contributed by atoms with van der Waals surface area (Å²) in [5.41, 5.74) is 4.14. The maximum Gasteiger partial charge on any atom is 0.261 e. The molecule has 1 atom stereocenters. The number of nitrogens with one attached hydrogen (secondary N) is 1. The van der Waals surface area contributed by atoms with Crippen LogP contribution in [0.1, 0.15) is 49.3 Å². The molecule has 4 rings (SSSR count). The van der Waals surface area contributed by atoms with Gasteiger partial charge in [0, 0.05) is 6.54 Å². The van der Waals surface area contributed by atoms with E-state index in [1.165, 1.54) is 40.3 Å². The molecule has 3 aromatic rings. The van der Waals surface area contributed by atoms with Gasteiger partial charge in [-0.15, -0.1) is 0 Å². The molecule has 1 aliphatic carbocycles. The fourth-order valence-corrected chi connectivity index (χ4v) is 4.38. The summed E-state index contributed by atoms with van der Waals surface area (Å²) in [4.78, 5) is 12.7. The first-order valence-electron chi connectivity index (χ1n) is 11.3.